The Labute approximate surface area is 73.6 Å². The van der Waals surface area contributed by atoms with Gasteiger partial charge in [0.05, 0.1) is 0 Å². The van der Waals surface area contributed by atoms with E-state index in [1.807, 2.05) is 32.9 Å². The van der Waals surface area contributed by atoms with Crippen LogP contribution in [0.4, 0.5) is 0 Å². The lowest BCUT2D eigenvalue weighted by Crippen LogP contribution is -1.96. The molecule has 0 atom stereocenters. The second-order valence-electron chi connectivity index (χ2n) is 2.68. The molecule has 2 nitrogen and oxygen atoms in total. The Balaban J connectivity index is 4.12. The van der Waals surface area contributed by atoms with E-state index in [4.69, 9.17) is 5.11 Å². The van der Waals surface area contributed by atoms with Crippen LogP contribution in [0.15, 0.2) is 23.3 Å². The molecule has 12 heavy (non-hydrogen) atoms. The number of allylic oxidation sites excluding steroid dienone is 4. The van der Waals surface area contributed by atoms with E-state index in [2.05, 4.69) is 0 Å². The van der Waals surface area contributed by atoms with Crippen molar-refractivity contribution >= 4 is 5.97 Å². The van der Waals surface area contributed by atoms with Crippen LogP contribution in [-0.2, 0) is 4.79 Å². The average molecular weight is 168 g/mol. The first-order valence-corrected chi connectivity index (χ1v) is 4.12. The average Bonchev–Trinajstić information content (AvgIpc) is 2.04. The van der Waals surface area contributed by atoms with Crippen LogP contribution < -0.4 is 0 Å². The van der Waals surface area contributed by atoms with Crippen LogP contribution in [0.25, 0.3) is 0 Å². The lowest BCUT2D eigenvalue weighted by Gasteiger charge is -2.04. The van der Waals surface area contributed by atoms with Gasteiger partial charge in [0.2, 0.25) is 0 Å². The van der Waals surface area contributed by atoms with E-state index in [9.17, 15) is 4.79 Å². The molecule has 0 fully saturated rings. The summed E-state index contributed by atoms with van der Waals surface area (Å²) in [5.41, 5.74) is 2.29. The van der Waals surface area contributed by atoms with Gasteiger partial charge in [-0.25, -0.2) is 0 Å². The first kappa shape index (κ1) is 11.0. The van der Waals surface area contributed by atoms with Gasteiger partial charge in [-0.3, -0.25) is 4.79 Å². The Morgan fingerprint density at radius 2 is 1.83 bits per heavy atom. The van der Waals surface area contributed by atoms with Crippen LogP contribution in [0.2, 0.25) is 0 Å². The minimum atomic E-state index is -0.738. The fraction of sp³-hybridized carbons (Fsp3) is 0.500. The molecule has 0 aromatic carbocycles. The first-order chi connectivity index (χ1) is 5.61. The van der Waals surface area contributed by atoms with Crippen LogP contribution in [-0.4, -0.2) is 11.1 Å². The normalized spacial score (nSPS) is 13.2. The molecule has 0 aliphatic heterocycles. The molecule has 0 aromatic heterocycles. The zero-order valence-electron chi connectivity index (χ0n) is 7.92. The van der Waals surface area contributed by atoms with Gasteiger partial charge in [0.25, 0.3) is 0 Å². The number of carboxylic acid groups (broad SMARTS) is 1. The summed E-state index contributed by atoms with van der Waals surface area (Å²) in [6.45, 7) is 5.89. The van der Waals surface area contributed by atoms with Crippen molar-refractivity contribution in [2.45, 2.75) is 33.6 Å². The van der Waals surface area contributed by atoms with Crippen molar-refractivity contribution < 1.29 is 9.90 Å². The third-order valence-electron chi connectivity index (χ3n) is 1.90. The largest absolute Gasteiger partial charge is 0.481 e. The van der Waals surface area contributed by atoms with E-state index < -0.39 is 5.97 Å². The maximum Gasteiger partial charge on any atom is 0.303 e. The number of rotatable bonds is 4. The lowest BCUT2D eigenvalue weighted by molar-refractivity contribution is -0.136. The summed E-state index contributed by atoms with van der Waals surface area (Å²) >= 11 is 0. The van der Waals surface area contributed by atoms with Crippen molar-refractivity contribution in [1.29, 1.82) is 0 Å². The molecule has 68 valence electrons. The summed E-state index contributed by atoms with van der Waals surface area (Å²) in [6, 6.07) is 0. The highest BCUT2D eigenvalue weighted by Gasteiger charge is 2.01. The van der Waals surface area contributed by atoms with Crippen molar-refractivity contribution in [3.05, 3.63) is 23.3 Å². The van der Waals surface area contributed by atoms with Crippen molar-refractivity contribution in [2.75, 3.05) is 0 Å². The maximum absolute atomic E-state index is 10.3. The lowest BCUT2D eigenvalue weighted by atomic mass is 10.0. The number of carbonyl (C=O) groups is 1. The predicted molar refractivity (Wildman–Crippen MR) is 50.1 cm³/mol. The highest BCUT2D eigenvalue weighted by Crippen LogP contribution is 2.14. The fourth-order valence-electron chi connectivity index (χ4n) is 0.996. The van der Waals surface area contributed by atoms with Gasteiger partial charge in [-0.05, 0) is 32.8 Å². The molecule has 0 saturated heterocycles. The van der Waals surface area contributed by atoms with Gasteiger partial charge in [0.1, 0.15) is 0 Å². The standard InChI is InChI=1S/C10H16O2/c1-4-8(3)9(5-2)6-7-10(11)12/h4-5H,6-7H2,1-3H3,(H,11,12). The molecule has 0 unspecified atom stereocenters. The van der Waals surface area contributed by atoms with Crippen molar-refractivity contribution in [3.8, 4) is 0 Å². The number of carboxylic acids is 1. The smallest absolute Gasteiger partial charge is 0.303 e. The van der Waals surface area contributed by atoms with Crippen molar-refractivity contribution in [1.82, 2.24) is 0 Å². The van der Waals surface area contributed by atoms with Crippen LogP contribution in [0.5, 0.6) is 0 Å². The second kappa shape index (κ2) is 5.58. The van der Waals surface area contributed by atoms with E-state index in [0.717, 1.165) is 5.57 Å². The topological polar surface area (TPSA) is 37.3 Å². The summed E-state index contributed by atoms with van der Waals surface area (Å²) < 4.78 is 0. The Bertz CT molecular complexity index is 212. The Kier molecular flexibility index (Phi) is 5.09. The van der Waals surface area contributed by atoms with Crippen LogP contribution in [0, 0.1) is 0 Å². The van der Waals surface area contributed by atoms with Crippen molar-refractivity contribution in [2.24, 2.45) is 0 Å². The maximum atomic E-state index is 10.3. The summed E-state index contributed by atoms with van der Waals surface area (Å²) in [6.07, 6.45) is 4.81. The van der Waals surface area contributed by atoms with E-state index in [-0.39, 0.29) is 6.42 Å². The van der Waals surface area contributed by atoms with Gasteiger partial charge in [-0.2, -0.15) is 0 Å². The molecule has 1 N–H and O–H groups in total. The van der Waals surface area contributed by atoms with Crippen LogP contribution >= 0.6 is 0 Å². The molecule has 0 bridgehead atoms. The van der Waals surface area contributed by atoms with E-state index >= 15 is 0 Å². The molecule has 2 heteroatoms. The Morgan fingerprint density at radius 3 is 2.17 bits per heavy atom. The molecule has 0 spiro atoms. The Hall–Kier alpha value is -1.05. The monoisotopic (exact) mass is 168 g/mol. The predicted octanol–water partition coefficient (Wildman–Crippen LogP) is 2.76. The number of hydrogen-bond acceptors (Lipinski definition) is 1. The first-order valence-electron chi connectivity index (χ1n) is 4.12. The van der Waals surface area contributed by atoms with Crippen LogP contribution in [0.1, 0.15) is 33.6 Å². The third-order valence-corrected chi connectivity index (χ3v) is 1.90. The highest BCUT2D eigenvalue weighted by atomic mass is 16.4. The van der Waals surface area contributed by atoms with Gasteiger partial charge in [-0.1, -0.05) is 17.7 Å². The number of aliphatic carboxylic acids is 1. The van der Waals surface area contributed by atoms with Crippen LogP contribution in [0.3, 0.4) is 0 Å². The molecule has 0 aliphatic rings. The zero-order valence-corrected chi connectivity index (χ0v) is 7.92. The third kappa shape index (κ3) is 3.96. The van der Waals surface area contributed by atoms with Gasteiger partial charge in [0, 0.05) is 6.42 Å². The highest BCUT2D eigenvalue weighted by molar-refractivity contribution is 5.67. The van der Waals surface area contributed by atoms with Gasteiger partial charge in [0.15, 0.2) is 0 Å². The molecule has 0 saturated carbocycles. The van der Waals surface area contributed by atoms with Gasteiger partial charge < -0.3 is 5.11 Å². The second-order valence-corrected chi connectivity index (χ2v) is 2.68. The fourth-order valence-corrected chi connectivity index (χ4v) is 0.996. The molecule has 0 aliphatic carbocycles. The van der Waals surface area contributed by atoms with E-state index in [1.165, 1.54) is 5.57 Å². The van der Waals surface area contributed by atoms with Gasteiger partial charge >= 0.3 is 5.97 Å². The SMILES string of the molecule is CC=C(C)C(=CC)CCC(=O)O. The van der Waals surface area contributed by atoms with Crippen molar-refractivity contribution in [3.63, 3.8) is 0 Å². The summed E-state index contributed by atoms with van der Waals surface area (Å²) in [7, 11) is 0. The minimum Gasteiger partial charge on any atom is -0.481 e. The molecule has 0 radical (unpaired) electrons. The minimum absolute atomic E-state index is 0.213. The van der Waals surface area contributed by atoms with E-state index in [0.29, 0.717) is 6.42 Å². The summed E-state index contributed by atoms with van der Waals surface area (Å²) in [4.78, 5) is 10.3. The molecule has 0 aromatic rings. The van der Waals surface area contributed by atoms with Gasteiger partial charge in [-0.15, -0.1) is 0 Å². The molecule has 0 heterocycles. The summed E-state index contributed by atoms with van der Waals surface area (Å²) in [5, 5.41) is 8.47. The zero-order chi connectivity index (χ0) is 9.56. The molecule has 0 rings (SSSR count). The Morgan fingerprint density at radius 1 is 1.25 bits per heavy atom. The molecule has 0 amide bonds. The molecular weight excluding hydrogens is 152 g/mol. The summed E-state index contributed by atoms with van der Waals surface area (Å²) in [5.74, 6) is -0.738. The quantitative estimate of drug-likeness (QED) is 0.655. The number of hydrogen-bond donors (Lipinski definition) is 1. The molecular formula is C10H16O2. The van der Waals surface area contributed by atoms with E-state index in [1.54, 1.807) is 0 Å².